The molecule has 6 nitrogen and oxygen atoms in total. The van der Waals surface area contributed by atoms with Gasteiger partial charge >= 0.3 is 0 Å². The lowest BCUT2D eigenvalue weighted by Crippen LogP contribution is -2.35. The van der Waals surface area contributed by atoms with Crippen molar-refractivity contribution in [2.24, 2.45) is 0 Å². The predicted molar refractivity (Wildman–Crippen MR) is 111 cm³/mol. The SMILES string of the molecule is COc1ccccc1CNC(=O)CCC(=O)N1Cc2cccn2-c2ccccc21. The average molecular weight is 389 g/mol. The van der Waals surface area contributed by atoms with Crippen LogP contribution in [0.3, 0.4) is 0 Å². The first-order valence-corrected chi connectivity index (χ1v) is 9.62. The Labute approximate surface area is 169 Å². The Balaban J connectivity index is 1.37. The monoisotopic (exact) mass is 389 g/mol. The number of hydrogen-bond acceptors (Lipinski definition) is 3. The summed E-state index contributed by atoms with van der Waals surface area (Å²) in [5, 5.41) is 2.87. The highest BCUT2D eigenvalue weighted by Gasteiger charge is 2.25. The smallest absolute Gasteiger partial charge is 0.227 e. The summed E-state index contributed by atoms with van der Waals surface area (Å²) in [6.45, 7) is 0.878. The number of anilines is 1. The molecular formula is C23H23N3O3. The summed E-state index contributed by atoms with van der Waals surface area (Å²) in [6.07, 6.45) is 2.31. The first-order valence-electron chi connectivity index (χ1n) is 9.62. The van der Waals surface area contributed by atoms with Gasteiger partial charge in [0, 0.05) is 36.8 Å². The van der Waals surface area contributed by atoms with Gasteiger partial charge in [0.05, 0.1) is 25.0 Å². The maximum Gasteiger partial charge on any atom is 0.227 e. The minimum Gasteiger partial charge on any atom is -0.496 e. The van der Waals surface area contributed by atoms with E-state index in [2.05, 4.69) is 9.88 Å². The standard InChI is InChI=1S/C23H23N3O3/c1-29-21-11-5-2-7-17(21)15-24-22(27)12-13-23(28)26-16-18-8-6-14-25(18)19-9-3-4-10-20(19)26/h2-11,14H,12-13,15-16H2,1H3,(H,24,27). The van der Waals surface area contributed by atoms with E-state index in [0.717, 1.165) is 28.4 Å². The van der Waals surface area contributed by atoms with Gasteiger partial charge in [0.25, 0.3) is 0 Å². The Kier molecular flexibility index (Phi) is 5.33. The van der Waals surface area contributed by atoms with Gasteiger partial charge in [-0.15, -0.1) is 0 Å². The molecule has 0 radical (unpaired) electrons. The highest BCUT2D eigenvalue weighted by molar-refractivity contribution is 5.97. The lowest BCUT2D eigenvalue weighted by Gasteiger charge is -2.31. The molecule has 29 heavy (non-hydrogen) atoms. The fraction of sp³-hybridized carbons (Fsp3) is 0.217. The number of nitrogens with one attached hydrogen (secondary N) is 1. The van der Waals surface area contributed by atoms with Crippen LogP contribution in [0.25, 0.3) is 5.69 Å². The number of para-hydroxylation sites is 3. The second-order valence-electron chi connectivity index (χ2n) is 6.93. The summed E-state index contributed by atoms with van der Waals surface area (Å²) in [4.78, 5) is 26.9. The molecule has 1 aliphatic rings. The number of fused-ring (bicyclic) bond motifs is 3. The highest BCUT2D eigenvalue weighted by atomic mass is 16.5. The van der Waals surface area contributed by atoms with E-state index >= 15 is 0 Å². The molecule has 0 fully saturated rings. The third kappa shape index (κ3) is 3.87. The molecule has 4 rings (SSSR count). The molecule has 0 saturated heterocycles. The van der Waals surface area contributed by atoms with E-state index in [-0.39, 0.29) is 24.7 Å². The summed E-state index contributed by atoms with van der Waals surface area (Å²) in [5.74, 6) is 0.520. The van der Waals surface area contributed by atoms with Crippen molar-refractivity contribution in [1.29, 1.82) is 0 Å². The van der Waals surface area contributed by atoms with Gasteiger partial charge in [-0.3, -0.25) is 9.59 Å². The van der Waals surface area contributed by atoms with E-state index in [1.54, 1.807) is 12.0 Å². The predicted octanol–water partition coefficient (Wildman–Crippen LogP) is 3.43. The van der Waals surface area contributed by atoms with Crippen molar-refractivity contribution in [2.75, 3.05) is 12.0 Å². The Morgan fingerprint density at radius 1 is 0.966 bits per heavy atom. The molecule has 1 aromatic heterocycles. The van der Waals surface area contributed by atoms with Gasteiger partial charge in [0.2, 0.25) is 11.8 Å². The molecule has 3 aromatic rings. The first-order chi connectivity index (χ1) is 14.2. The van der Waals surface area contributed by atoms with Crippen LogP contribution in [-0.4, -0.2) is 23.5 Å². The van der Waals surface area contributed by atoms with Gasteiger partial charge in [0.15, 0.2) is 0 Å². The molecule has 0 aliphatic carbocycles. The van der Waals surface area contributed by atoms with Crippen molar-refractivity contribution in [2.45, 2.75) is 25.9 Å². The molecule has 0 saturated carbocycles. The second kappa shape index (κ2) is 8.22. The minimum absolute atomic E-state index is 0.0580. The van der Waals surface area contributed by atoms with E-state index in [4.69, 9.17) is 4.74 Å². The maximum atomic E-state index is 12.9. The minimum atomic E-state index is -0.155. The fourth-order valence-corrected chi connectivity index (χ4v) is 3.63. The van der Waals surface area contributed by atoms with Crippen LogP contribution < -0.4 is 15.0 Å². The largest absolute Gasteiger partial charge is 0.496 e. The molecule has 1 aliphatic heterocycles. The van der Waals surface area contributed by atoms with E-state index < -0.39 is 0 Å². The molecule has 0 atom stereocenters. The molecule has 0 spiro atoms. The summed E-state index contributed by atoms with van der Waals surface area (Å²) in [6, 6.07) is 19.4. The van der Waals surface area contributed by atoms with Crippen molar-refractivity contribution < 1.29 is 14.3 Å². The fourth-order valence-electron chi connectivity index (χ4n) is 3.63. The Morgan fingerprint density at radius 2 is 1.72 bits per heavy atom. The number of carbonyl (C=O) groups excluding carboxylic acids is 2. The van der Waals surface area contributed by atoms with Crippen LogP contribution in [0.1, 0.15) is 24.1 Å². The van der Waals surface area contributed by atoms with Crippen molar-refractivity contribution in [1.82, 2.24) is 9.88 Å². The Morgan fingerprint density at radius 3 is 2.55 bits per heavy atom. The average Bonchev–Trinajstić information content (AvgIpc) is 3.24. The summed E-state index contributed by atoms with van der Waals surface area (Å²) in [7, 11) is 1.60. The maximum absolute atomic E-state index is 12.9. The van der Waals surface area contributed by atoms with Crippen LogP contribution in [0.5, 0.6) is 5.75 Å². The number of hydrogen-bond donors (Lipinski definition) is 1. The summed E-state index contributed by atoms with van der Waals surface area (Å²) < 4.78 is 7.39. The summed E-state index contributed by atoms with van der Waals surface area (Å²) in [5.41, 5.74) is 3.81. The second-order valence-corrected chi connectivity index (χ2v) is 6.93. The van der Waals surface area contributed by atoms with Crippen LogP contribution in [0.4, 0.5) is 5.69 Å². The normalized spacial score (nSPS) is 12.1. The van der Waals surface area contributed by atoms with E-state index in [1.807, 2.05) is 66.9 Å². The third-order valence-electron chi connectivity index (χ3n) is 5.12. The van der Waals surface area contributed by atoms with Gasteiger partial charge < -0.3 is 19.5 Å². The number of aromatic nitrogens is 1. The number of nitrogens with zero attached hydrogens (tertiary/aromatic N) is 2. The number of carbonyl (C=O) groups is 2. The van der Waals surface area contributed by atoms with Gasteiger partial charge in [-0.1, -0.05) is 30.3 Å². The molecule has 0 unspecified atom stereocenters. The quantitative estimate of drug-likeness (QED) is 0.703. The molecule has 2 amide bonds. The lowest BCUT2D eigenvalue weighted by molar-refractivity contribution is -0.125. The zero-order chi connectivity index (χ0) is 20.2. The Hall–Kier alpha value is -3.54. The zero-order valence-electron chi connectivity index (χ0n) is 16.3. The number of rotatable bonds is 6. The van der Waals surface area contributed by atoms with Gasteiger partial charge in [0.1, 0.15) is 5.75 Å². The van der Waals surface area contributed by atoms with Crippen molar-refractivity contribution in [3.8, 4) is 11.4 Å². The van der Waals surface area contributed by atoms with Crippen molar-refractivity contribution in [3.05, 3.63) is 78.1 Å². The van der Waals surface area contributed by atoms with Gasteiger partial charge in [-0.2, -0.15) is 0 Å². The van der Waals surface area contributed by atoms with Gasteiger partial charge in [-0.05, 0) is 30.3 Å². The molecular weight excluding hydrogens is 366 g/mol. The highest BCUT2D eigenvalue weighted by Crippen LogP contribution is 2.32. The molecule has 2 aromatic carbocycles. The molecule has 6 heteroatoms. The van der Waals surface area contributed by atoms with E-state index in [1.165, 1.54) is 0 Å². The van der Waals surface area contributed by atoms with Crippen LogP contribution in [0.2, 0.25) is 0 Å². The molecule has 148 valence electrons. The number of benzene rings is 2. The molecule has 0 bridgehead atoms. The number of methoxy groups -OCH3 is 1. The van der Waals surface area contributed by atoms with Crippen molar-refractivity contribution >= 4 is 17.5 Å². The van der Waals surface area contributed by atoms with Gasteiger partial charge in [-0.25, -0.2) is 0 Å². The molecule has 2 heterocycles. The van der Waals surface area contributed by atoms with Crippen LogP contribution in [0, 0.1) is 0 Å². The van der Waals surface area contributed by atoms with E-state index in [0.29, 0.717) is 13.1 Å². The Bertz CT molecular complexity index is 1040. The van der Waals surface area contributed by atoms with Crippen molar-refractivity contribution in [3.63, 3.8) is 0 Å². The third-order valence-corrected chi connectivity index (χ3v) is 5.12. The topological polar surface area (TPSA) is 63.6 Å². The summed E-state index contributed by atoms with van der Waals surface area (Å²) >= 11 is 0. The van der Waals surface area contributed by atoms with E-state index in [9.17, 15) is 9.59 Å². The van der Waals surface area contributed by atoms with Crippen LogP contribution in [0.15, 0.2) is 66.9 Å². The number of amides is 2. The van der Waals surface area contributed by atoms with Crippen LogP contribution in [-0.2, 0) is 22.7 Å². The molecule has 1 N–H and O–H groups in total. The lowest BCUT2D eigenvalue weighted by atomic mass is 10.1. The zero-order valence-corrected chi connectivity index (χ0v) is 16.3. The number of ether oxygens (including phenoxy) is 1. The first kappa shape index (κ1) is 18.8. The van der Waals surface area contributed by atoms with Crippen LogP contribution >= 0.6 is 0 Å².